The largest absolute Gasteiger partial charge is 0.490 e. The van der Waals surface area contributed by atoms with Crippen molar-refractivity contribution in [3.05, 3.63) is 34.5 Å². The molecule has 27 heavy (non-hydrogen) atoms. The number of hydrogen-bond donors (Lipinski definition) is 0. The molecule has 0 N–H and O–H groups in total. The molecular formula is C20H23BrO6. The fourth-order valence-electron chi connectivity index (χ4n) is 2.44. The van der Waals surface area contributed by atoms with E-state index in [0.29, 0.717) is 55.3 Å². The van der Waals surface area contributed by atoms with Gasteiger partial charge in [-0.1, -0.05) is 15.9 Å². The molecule has 0 aliphatic rings. The van der Waals surface area contributed by atoms with E-state index in [9.17, 15) is 9.59 Å². The molecule has 6 nitrogen and oxygen atoms in total. The quantitative estimate of drug-likeness (QED) is 0.315. The predicted molar refractivity (Wildman–Crippen MR) is 106 cm³/mol. The molecule has 0 radical (unpaired) electrons. The Bertz CT molecular complexity index is 836. The van der Waals surface area contributed by atoms with Gasteiger partial charge < -0.3 is 18.6 Å². The van der Waals surface area contributed by atoms with Crippen LogP contribution in [0, 0.1) is 0 Å². The zero-order valence-electron chi connectivity index (χ0n) is 15.7. The van der Waals surface area contributed by atoms with Crippen LogP contribution in [-0.2, 0) is 19.1 Å². The molecule has 0 aliphatic heterocycles. The average molecular weight is 439 g/mol. The van der Waals surface area contributed by atoms with Crippen molar-refractivity contribution in [1.29, 1.82) is 0 Å². The van der Waals surface area contributed by atoms with Gasteiger partial charge in [-0.05, 0) is 51.0 Å². The normalized spacial score (nSPS) is 11.5. The number of furan rings is 1. The molecule has 1 aromatic carbocycles. The Labute approximate surface area is 166 Å². The van der Waals surface area contributed by atoms with Gasteiger partial charge in [-0.25, -0.2) is 4.79 Å². The molecule has 146 valence electrons. The number of fused-ring (bicyclic) bond motifs is 1. The third kappa shape index (κ3) is 5.85. The molecule has 7 heteroatoms. The van der Waals surface area contributed by atoms with E-state index in [2.05, 4.69) is 15.9 Å². The summed E-state index contributed by atoms with van der Waals surface area (Å²) in [5.41, 5.74) is 1.23. The molecule has 1 heterocycles. The molecule has 0 atom stereocenters. The molecule has 1 aromatic heterocycles. The number of esters is 2. The number of halogens is 1. The molecule has 0 aliphatic carbocycles. The van der Waals surface area contributed by atoms with Crippen LogP contribution in [0.25, 0.3) is 16.5 Å². The Morgan fingerprint density at radius 2 is 1.93 bits per heavy atom. The molecule has 0 amide bonds. The number of hydrogen-bond acceptors (Lipinski definition) is 6. The SMILES string of the molecule is CCOC(=O)/C=C(\C)c1cc2c(Br)ccc(OCCCC(=O)OCC)c2o1. The van der Waals surface area contributed by atoms with E-state index in [0.717, 1.165) is 9.86 Å². The standard InChI is InChI=1S/C20H23BrO6/c1-4-24-18(22)7-6-10-26-16-9-8-15(21)14-12-17(27-20(14)16)13(3)11-19(23)25-5-2/h8-9,11-12H,4-7,10H2,1-3H3/b13-11+. The first-order valence-electron chi connectivity index (χ1n) is 8.82. The summed E-state index contributed by atoms with van der Waals surface area (Å²) in [7, 11) is 0. The summed E-state index contributed by atoms with van der Waals surface area (Å²) in [5, 5.41) is 0.838. The third-order valence-corrected chi connectivity index (χ3v) is 4.38. The van der Waals surface area contributed by atoms with Crippen molar-refractivity contribution >= 4 is 44.4 Å². The summed E-state index contributed by atoms with van der Waals surface area (Å²) < 4.78 is 22.4. The van der Waals surface area contributed by atoms with Crippen LogP contribution in [0.5, 0.6) is 5.75 Å². The van der Waals surface area contributed by atoms with Crippen molar-refractivity contribution < 1.29 is 28.2 Å². The van der Waals surface area contributed by atoms with E-state index in [1.54, 1.807) is 26.8 Å². The Hall–Kier alpha value is -2.28. The van der Waals surface area contributed by atoms with Crippen molar-refractivity contribution in [1.82, 2.24) is 0 Å². The lowest BCUT2D eigenvalue weighted by Crippen LogP contribution is -2.06. The lowest BCUT2D eigenvalue weighted by Gasteiger charge is -2.07. The van der Waals surface area contributed by atoms with Crippen molar-refractivity contribution in [3.8, 4) is 5.75 Å². The number of ether oxygens (including phenoxy) is 3. The van der Waals surface area contributed by atoms with Gasteiger partial charge >= 0.3 is 11.9 Å². The van der Waals surface area contributed by atoms with Crippen LogP contribution >= 0.6 is 15.9 Å². The van der Waals surface area contributed by atoms with E-state index in [1.165, 1.54) is 6.08 Å². The summed E-state index contributed by atoms with van der Waals surface area (Å²) in [6, 6.07) is 5.51. The zero-order chi connectivity index (χ0) is 19.8. The van der Waals surface area contributed by atoms with Gasteiger partial charge in [0.2, 0.25) is 0 Å². The highest BCUT2D eigenvalue weighted by molar-refractivity contribution is 9.10. The minimum absolute atomic E-state index is 0.234. The van der Waals surface area contributed by atoms with E-state index >= 15 is 0 Å². The number of benzene rings is 1. The Morgan fingerprint density at radius 1 is 1.19 bits per heavy atom. The van der Waals surface area contributed by atoms with Crippen molar-refractivity contribution in [2.45, 2.75) is 33.6 Å². The fraction of sp³-hybridized carbons (Fsp3) is 0.400. The molecule has 0 unspecified atom stereocenters. The average Bonchev–Trinajstić information content (AvgIpc) is 3.07. The fourth-order valence-corrected chi connectivity index (χ4v) is 2.86. The maximum atomic E-state index is 11.6. The number of allylic oxidation sites excluding steroid dienone is 1. The van der Waals surface area contributed by atoms with Crippen molar-refractivity contribution in [3.63, 3.8) is 0 Å². The summed E-state index contributed by atoms with van der Waals surface area (Å²) >= 11 is 3.50. The molecule has 0 saturated carbocycles. The van der Waals surface area contributed by atoms with Crippen LogP contribution in [0.4, 0.5) is 0 Å². The van der Waals surface area contributed by atoms with Crippen LogP contribution in [0.2, 0.25) is 0 Å². The van der Waals surface area contributed by atoms with Gasteiger partial charge in [-0.2, -0.15) is 0 Å². The Balaban J connectivity index is 2.14. The zero-order valence-corrected chi connectivity index (χ0v) is 17.3. The van der Waals surface area contributed by atoms with Gasteiger partial charge in [-0.3, -0.25) is 4.79 Å². The summed E-state index contributed by atoms with van der Waals surface area (Å²) in [4.78, 5) is 23.0. The van der Waals surface area contributed by atoms with Crippen LogP contribution in [0.3, 0.4) is 0 Å². The number of carbonyl (C=O) groups excluding carboxylic acids is 2. The van der Waals surface area contributed by atoms with Crippen LogP contribution in [0.15, 0.2) is 33.2 Å². The van der Waals surface area contributed by atoms with Gasteiger partial charge in [0.15, 0.2) is 11.3 Å². The summed E-state index contributed by atoms with van der Waals surface area (Å²) in [6.07, 6.45) is 2.25. The smallest absolute Gasteiger partial charge is 0.331 e. The highest BCUT2D eigenvalue weighted by atomic mass is 79.9. The first-order chi connectivity index (χ1) is 13.0. The van der Waals surface area contributed by atoms with Crippen LogP contribution in [-0.4, -0.2) is 31.8 Å². The second-order valence-corrected chi connectivity index (χ2v) is 6.59. The molecule has 0 spiro atoms. The highest BCUT2D eigenvalue weighted by Gasteiger charge is 2.14. The number of rotatable bonds is 9. The van der Waals surface area contributed by atoms with Gasteiger partial charge in [-0.15, -0.1) is 0 Å². The van der Waals surface area contributed by atoms with Gasteiger partial charge in [0.05, 0.1) is 19.8 Å². The third-order valence-electron chi connectivity index (χ3n) is 3.69. The second kappa shape index (κ2) is 10.2. The minimum atomic E-state index is -0.412. The first kappa shape index (κ1) is 21.0. The lowest BCUT2D eigenvalue weighted by atomic mass is 10.2. The van der Waals surface area contributed by atoms with Crippen LogP contribution in [0.1, 0.15) is 39.4 Å². The Kier molecular flexibility index (Phi) is 7.91. The minimum Gasteiger partial charge on any atom is -0.490 e. The van der Waals surface area contributed by atoms with Gasteiger partial charge in [0.1, 0.15) is 5.76 Å². The molecule has 0 fully saturated rings. The molecular weight excluding hydrogens is 416 g/mol. The summed E-state index contributed by atoms with van der Waals surface area (Å²) in [5.74, 6) is 0.487. The molecule has 0 bridgehead atoms. The van der Waals surface area contributed by atoms with E-state index in [4.69, 9.17) is 18.6 Å². The summed E-state index contributed by atoms with van der Waals surface area (Å²) in [6.45, 7) is 6.37. The predicted octanol–water partition coefficient (Wildman–Crippen LogP) is 4.88. The van der Waals surface area contributed by atoms with Gasteiger partial charge in [0.25, 0.3) is 0 Å². The van der Waals surface area contributed by atoms with Crippen molar-refractivity contribution in [2.24, 2.45) is 0 Å². The van der Waals surface area contributed by atoms with Gasteiger partial charge in [0, 0.05) is 22.4 Å². The highest BCUT2D eigenvalue weighted by Crippen LogP contribution is 2.36. The monoisotopic (exact) mass is 438 g/mol. The maximum absolute atomic E-state index is 11.6. The first-order valence-corrected chi connectivity index (χ1v) is 9.61. The molecule has 2 aromatic rings. The Morgan fingerprint density at radius 3 is 2.63 bits per heavy atom. The van der Waals surface area contributed by atoms with Crippen LogP contribution < -0.4 is 4.74 Å². The topological polar surface area (TPSA) is 75.0 Å². The molecule has 0 saturated heterocycles. The van der Waals surface area contributed by atoms with E-state index in [-0.39, 0.29) is 5.97 Å². The van der Waals surface area contributed by atoms with E-state index in [1.807, 2.05) is 12.1 Å². The molecule has 2 rings (SSSR count). The maximum Gasteiger partial charge on any atom is 0.331 e. The lowest BCUT2D eigenvalue weighted by molar-refractivity contribution is -0.143. The van der Waals surface area contributed by atoms with Crippen molar-refractivity contribution in [2.75, 3.05) is 19.8 Å². The number of carbonyl (C=O) groups is 2. The second-order valence-electron chi connectivity index (χ2n) is 5.74. The van der Waals surface area contributed by atoms with E-state index < -0.39 is 5.97 Å².